The average Bonchev–Trinajstić information content (AvgIpc) is 2.39. The second-order valence-corrected chi connectivity index (χ2v) is 5.58. The zero-order valence-electron chi connectivity index (χ0n) is 11.4. The molecule has 0 aromatic heterocycles. The SMILES string of the molecule is Cc1ccc(N(C)CC(=O)c2ccc(Cl)cc2Cl)cc1. The van der Waals surface area contributed by atoms with Crippen LogP contribution in [-0.2, 0) is 0 Å². The molecule has 0 spiro atoms. The predicted octanol–water partition coefficient (Wildman–Crippen LogP) is 4.62. The minimum atomic E-state index is -0.0326. The number of halogens is 2. The van der Waals surface area contributed by atoms with Crippen molar-refractivity contribution in [3.63, 3.8) is 0 Å². The molecule has 104 valence electrons. The number of hydrogen-bond donors (Lipinski definition) is 0. The third-order valence-corrected chi connectivity index (χ3v) is 3.63. The van der Waals surface area contributed by atoms with Crippen LogP contribution in [0.15, 0.2) is 42.5 Å². The number of carbonyl (C=O) groups is 1. The minimum absolute atomic E-state index is 0.0326. The Morgan fingerprint density at radius 3 is 2.35 bits per heavy atom. The topological polar surface area (TPSA) is 20.3 Å². The van der Waals surface area contributed by atoms with Crippen LogP contribution < -0.4 is 4.90 Å². The molecule has 0 heterocycles. The lowest BCUT2D eigenvalue weighted by atomic mass is 10.1. The van der Waals surface area contributed by atoms with E-state index >= 15 is 0 Å². The summed E-state index contributed by atoms with van der Waals surface area (Å²) < 4.78 is 0. The number of aryl methyl sites for hydroxylation is 1. The van der Waals surface area contributed by atoms with Gasteiger partial charge in [-0.25, -0.2) is 0 Å². The summed E-state index contributed by atoms with van der Waals surface area (Å²) in [6.45, 7) is 2.30. The lowest BCUT2D eigenvalue weighted by molar-refractivity contribution is 0.100. The van der Waals surface area contributed by atoms with E-state index in [0.717, 1.165) is 5.69 Å². The average molecular weight is 308 g/mol. The fourth-order valence-electron chi connectivity index (χ4n) is 1.91. The summed E-state index contributed by atoms with van der Waals surface area (Å²) in [5.41, 5.74) is 2.68. The standard InChI is InChI=1S/C16H15Cl2NO/c1-11-3-6-13(7-4-11)19(2)10-16(20)14-8-5-12(17)9-15(14)18/h3-9H,10H2,1-2H3. The molecule has 0 amide bonds. The first-order chi connectivity index (χ1) is 9.47. The molecule has 0 aliphatic carbocycles. The van der Waals surface area contributed by atoms with Crippen LogP contribution in [0.1, 0.15) is 15.9 Å². The van der Waals surface area contributed by atoms with Crippen LogP contribution in [0.3, 0.4) is 0 Å². The van der Waals surface area contributed by atoms with Gasteiger partial charge in [0.1, 0.15) is 0 Å². The molecule has 2 rings (SSSR count). The van der Waals surface area contributed by atoms with Crippen LogP contribution in [0.2, 0.25) is 10.0 Å². The van der Waals surface area contributed by atoms with E-state index in [2.05, 4.69) is 0 Å². The van der Waals surface area contributed by atoms with Crippen molar-refractivity contribution in [3.8, 4) is 0 Å². The summed E-state index contributed by atoms with van der Waals surface area (Å²) in [7, 11) is 1.88. The summed E-state index contributed by atoms with van der Waals surface area (Å²) in [5, 5.41) is 0.915. The summed E-state index contributed by atoms with van der Waals surface area (Å²) in [5.74, 6) is -0.0326. The maximum absolute atomic E-state index is 12.3. The van der Waals surface area contributed by atoms with E-state index in [1.165, 1.54) is 5.56 Å². The lowest BCUT2D eigenvalue weighted by Gasteiger charge is -2.19. The van der Waals surface area contributed by atoms with Gasteiger partial charge in [-0.2, -0.15) is 0 Å². The molecule has 0 fully saturated rings. The van der Waals surface area contributed by atoms with E-state index < -0.39 is 0 Å². The van der Waals surface area contributed by atoms with Crippen molar-refractivity contribution >= 4 is 34.7 Å². The number of anilines is 1. The fourth-order valence-corrected chi connectivity index (χ4v) is 2.42. The van der Waals surface area contributed by atoms with E-state index in [1.54, 1.807) is 18.2 Å². The van der Waals surface area contributed by atoms with Crippen molar-refractivity contribution < 1.29 is 4.79 Å². The summed E-state index contributed by atoms with van der Waals surface area (Å²) in [6.07, 6.45) is 0. The van der Waals surface area contributed by atoms with Crippen LogP contribution in [-0.4, -0.2) is 19.4 Å². The Hall–Kier alpha value is -1.51. The molecule has 0 N–H and O–H groups in total. The van der Waals surface area contributed by atoms with Crippen LogP contribution in [0.5, 0.6) is 0 Å². The lowest BCUT2D eigenvalue weighted by Crippen LogP contribution is -2.25. The van der Waals surface area contributed by atoms with Crippen LogP contribution >= 0.6 is 23.2 Å². The van der Waals surface area contributed by atoms with Crippen molar-refractivity contribution in [3.05, 3.63) is 63.6 Å². The molecule has 2 aromatic rings. The highest BCUT2D eigenvalue weighted by Crippen LogP contribution is 2.22. The molecule has 0 aliphatic heterocycles. The maximum atomic E-state index is 12.3. The summed E-state index contributed by atoms with van der Waals surface area (Å²) in [6, 6.07) is 12.9. The predicted molar refractivity (Wildman–Crippen MR) is 85.2 cm³/mol. The first-order valence-corrected chi connectivity index (χ1v) is 6.99. The number of benzene rings is 2. The number of carbonyl (C=O) groups excluding carboxylic acids is 1. The molecule has 0 atom stereocenters. The first kappa shape index (κ1) is 14.9. The van der Waals surface area contributed by atoms with Crippen LogP contribution in [0.25, 0.3) is 0 Å². The molecule has 0 radical (unpaired) electrons. The number of likely N-dealkylation sites (N-methyl/N-ethyl adjacent to an activating group) is 1. The third-order valence-electron chi connectivity index (χ3n) is 3.09. The van der Waals surface area contributed by atoms with Gasteiger partial charge in [0, 0.05) is 23.3 Å². The molecule has 2 aromatic carbocycles. The number of rotatable bonds is 4. The highest BCUT2D eigenvalue weighted by molar-refractivity contribution is 6.36. The van der Waals surface area contributed by atoms with Gasteiger partial charge in [-0.15, -0.1) is 0 Å². The molecule has 20 heavy (non-hydrogen) atoms. The van der Waals surface area contributed by atoms with Gasteiger partial charge in [0.05, 0.1) is 11.6 Å². The largest absolute Gasteiger partial charge is 0.367 e. The van der Waals surface area contributed by atoms with Crippen molar-refractivity contribution in [2.45, 2.75) is 6.92 Å². The molecule has 4 heteroatoms. The molecule has 0 unspecified atom stereocenters. The maximum Gasteiger partial charge on any atom is 0.183 e. The van der Waals surface area contributed by atoms with Gasteiger partial charge in [-0.3, -0.25) is 4.79 Å². The molecule has 0 aliphatic rings. The van der Waals surface area contributed by atoms with E-state index in [-0.39, 0.29) is 12.3 Å². The Labute approximate surface area is 128 Å². The quantitative estimate of drug-likeness (QED) is 0.768. The second-order valence-electron chi connectivity index (χ2n) is 4.74. The van der Waals surface area contributed by atoms with Gasteiger partial charge in [0.2, 0.25) is 0 Å². The number of nitrogens with zero attached hydrogens (tertiary/aromatic N) is 1. The minimum Gasteiger partial charge on any atom is -0.367 e. The summed E-state index contributed by atoms with van der Waals surface area (Å²) in [4.78, 5) is 14.2. The number of ketones is 1. The van der Waals surface area contributed by atoms with Gasteiger partial charge < -0.3 is 4.90 Å². The number of Topliss-reactive ketones (excluding diaryl/α,β-unsaturated/α-hetero) is 1. The Balaban J connectivity index is 2.13. The van der Waals surface area contributed by atoms with Crippen molar-refractivity contribution in [2.75, 3.05) is 18.5 Å². The van der Waals surface area contributed by atoms with Gasteiger partial charge in [0.15, 0.2) is 5.78 Å². The zero-order valence-corrected chi connectivity index (χ0v) is 12.9. The van der Waals surface area contributed by atoms with Gasteiger partial charge in [-0.1, -0.05) is 40.9 Å². The van der Waals surface area contributed by atoms with E-state index in [0.29, 0.717) is 15.6 Å². The normalized spacial score (nSPS) is 10.4. The second kappa shape index (κ2) is 6.29. The zero-order chi connectivity index (χ0) is 14.7. The molecule has 0 bridgehead atoms. The molecule has 0 saturated heterocycles. The number of hydrogen-bond acceptors (Lipinski definition) is 2. The van der Waals surface area contributed by atoms with Crippen molar-refractivity contribution in [1.82, 2.24) is 0 Å². The Bertz CT molecular complexity index is 623. The molecular formula is C16H15Cl2NO. The molecule has 2 nitrogen and oxygen atoms in total. The Kier molecular flexibility index (Phi) is 4.69. The Morgan fingerprint density at radius 2 is 1.75 bits per heavy atom. The van der Waals surface area contributed by atoms with Gasteiger partial charge in [0.25, 0.3) is 0 Å². The van der Waals surface area contributed by atoms with Crippen LogP contribution in [0, 0.1) is 6.92 Å². The van der Waals surface area contributed by atoms with Crippen LogP contribution in [0.4, 0.5) is 5.69 Å². The molecule has 0 saturated carbocycles. The fraction of sp³-hybridized carbons (Fsp3) is 0.188. The van der Waals surface area contributed by atoms with E-state index in [4.69, 9.17) is 23.2 Å². The summed E-state index contributed by atoms with van der Waals surface area (Å²) >= 11 is 11.9. The highest BCUT2D eigenvalue weighted by atomic mass is 35.5. The third kappa shape index (κ3) is 3.53. The first-order valence-electron chi connectivity index (χ1n) is 6.23. The smallest absolute Gasteiger partial charge is 0.183 e. The van der Waals surface area contributed by atoms with E-state index in [9.17, 15) is 4.79 Å². The monoisotopic (exact) mass is 307 g/mol. The molecular weight excluding hydrogens is 293 g/mol. The van der Waals surface area contributed by atoms with Crippen molar-refractivity contribution in [1.29, 1.82) is 0 Å². The Morgan fingerprint density at radius 1 is 1.10 bits per heavy atom. The van der Waals surface area contributed by atoms with Gasteiger partial charge >= 0.3 is 0 Å². The van der Waals surface area contributed by atoms with Crippen molar-refractivity contribution in [2.24, 2.45) is 0 Å². The van der Waals surface area contributed by atoms with E-state index in [1.807, 2.05) is 43.1 Å². The highest BCUT2D eigenvalue weighted by Gasteiger charge is 2.13. The van der Waals surface area contributed by atoms with Gasteiger partial charge in [-0.05, 0) is 37.3 Å².